The smallest absolute Gasteiger partial charge is 0.270 e. The first-order valence-electron chi connectivity index (χ1n) is 13.6. The largest absolute Gasteiger partial charge is 0.381 e. The molecule has 1 unspecified atom stereocenters. The van der Waals surface area contributed by atoms with E-state index in [9.17, 15) is 24.3 Å². The zero-order valence-corrected chi connectivity index (χ0v) is 21.8. The molecule has 1 aliphatic carbocycles. The van der Waals surface area contributed by atoms with E-state index in [0.29, 0.717) is 37.9 Å². The molecule has 0 spiro atoms. The highest BCUT2D eigenvalue weighted by atomic mass is 16.3. The molecule has 4 N–H and O–H groups in total. The summed E-state index contributed by atoms with van der Waals surface area (Å²) in [5.41, 5.74) is 2.12. The predicted molar refractivity (Wildman–Crippen MR) is 146 cm³/mol. The first-order valence-corrected chi connectivity index (χ1v) is 13.6. The minimum atomic E-state index is -1.54. The van der Waals surface area contributed by atoms with Crippen LogP contribution in [0.1, 0.15) is 54.6 Å². The zero-order valence-electron chi connectivity index (χ0n) is 21.8. The third kappa shape index (κ3) is 6.04. The van der Waals surface area contributed by atoms with Gasteiger partial charge in [-0.15, -0.1) is 0 Å². The SMILES string of the molecule is O=C(NCc1ccccc1)C(O)[C@H](C[C@@H]1CCCC1=O)NC(=O)[C@@H]1CCCN1C(=O)c1cc2ccccc2[nH]1. The van der Waals surface area contributed by atoms with Gasteiger partial charge in [-0.25, -0.2) is 0 Å². The Morgan fingerprint density at radius 2 is 1.79 bits per heavy atom. The summed E-state index contributed by atoms with van der Waals surface area (Å²) in [6.45, 7) is 0.660. The zero-order chi connectivity index (χ0) is 27.4. The van der Waals surface area contributed by atoms with Gasteiger partial charge < -0.3 is 25.6 Å². The third-order valence-electron chi connectivity index (χ3n) is 7.83. The van der Waals surface area contributed by atoms with Crippen LogP contribution >= 0.6 is 0 Å². The van der Waals surface area contributed by atoms with Gasteiger partial charge in [0.2, 0.25) is 5.91 Å². The Morgan fingerprint density at radius 3 is 2.54 bits per heavy atom. The second-order valence-corrected chi connectivity index (χ2v) is 10.5. The summed E-state index contributed by atoms with van der Waals surface area (Å²) in [5.74, 6) is -1.55. The van der Waals surface area contributed by atoms with Crippen LogP contribution in [0.4, 0.5) is 0 Å². The average Bonchev–Trinajstić information content (AvgIpc) is 3.71. The molecule has 1 aromatic heterocycles. The van der Waals surface area contributed by atoms with Crippen LogP contribution < -0.4 is 10.6 Å². The fourth-order valence-electron chi connectivity index (χ4n) is 5.69. The van der Waals surface area contributed by atoms with Gasteiger partial charge in [0.05, 0.1) is 6.04 Å². The number of ketones is 1. The van der Waals surface area contributed by atoms with E-state index >= 15 is 0 Å². The standard InChI is InChI=1S/C30H34N4O5/c35-26-14-6-11-21(26)17-23(27(36)29(38)31-18-19-8-2-1-3-9-19)33-28(37)25-13-7-15-34(25)30(39)24-16-20-10-4-5-12-22(20)32-24/h1-5,8-10,12,16,21,23,25,27,32,36H,6-7,11,13-15,17-18H2,(H,31,38)(H,33,37)/t21-,23-,25-,27?/m0/s1. The second-order valence-electron chi connectivity index (χ2n) is 10.5. The number of fused-ring (bicyclic) bond motifs is 1. The van der Waals surface area contributed by atoms with Gasteiger partial charge in [-0.05, 0) is 49.8 Å². The lowest BCUT2D eigenvalue weighted by molar-refractivity contribution is -0.134. The molecule has 5 rings (SSSR count). The number of nitrogens with one attached hydrogen (secondary N) is 3. The van der Waals surface area contributed by atoms with Gasteiger partial charge in [-0.2, -0.15) is 0 Å². The van der Waals surface area contributed by atoms with E-state index in [1.54, 1.807) is 11.0 Å². The maximum absolute atomic E-state index is 13.5. The molecule has 0 radical (unpaired) electrons. The van der Waals surface area contributed by atoms with Crippen molar-refractivity contribution in [2.75, 3.05) is 6.54 Å². The molecule has 3 aromatic rings. The molecule has 1 saturated carbocycles. The summed E-state index contributed by atoms with van der Waals surface area (Å²) in [6.07, 6.45) is 1.67. The minimum absolute atomic E-state index is 0.0858. The van der Waals surface area contributed by atoms with Crippen molar-refractivity contribution in [1.82, 2.24) is 20.5 Å². The average molecular weight is 531 g/mol. The van der Waals surface area contributed by atoms with E-state index < -0.39 is 30.0 Å². The van der Waals surface area contributed by atoms with Crippen LogP contribution in [-0.2, 0) is 20.9 Å². The summed E-state index contributed by atoms with van der Waals surface area (Å²) >= 11 is 0. The van der Waals surface area contributed by atoms with Crippen molar-refractivity contribution in [2.45, 2.75) is 63.3 Å². The minimum Gasteiger partial charge on any atom is -0.381 e. The maximum atomic E-state index is 13.5. The molecular weight excluding hydrogens is 496 g/mol. The number of carbonyl (C=O) groups is 4. The molecule has 39 heavy (non-hydrogen) atoms. The number of hydrogen-bond donors (Lipinski definition) is 4. The molecule has 9 heteroatoms. The summed E-state index contributed by atoms with van der Waals surface area (Å²) in [5, 5.41) is 17.5. The highest BCUT2D eigenvalue weighted by Gasteiger charge is 2.39. The van der Waals surface area contributed by atoms with Crippen LogP contribution in [0.25, 0.3) is 10.9 Å². The van der Waals surface area contributed by atoms with Gasteiger partial charge in [-0.3, -0.25) is 19.2 Å². The number of Topliss-reactive ketones (excluding diaryl/α,β-unsaturated/α-hetero) is 1. The van der Waals surface area contributed by atoms with Crippen LogP contribution in [0.3, 0.4) is 0 Å². The Bertz CT molecular complexity index is 1320. The molecule has 1 saturated heterocycles. The van der Waals surface area contributed by atoms with E-state index in [-0.39, 0.29) is 30.6 Å². The Labute approximate surface area is 227 Å². The topological polar surface area (TPSA) is 132 Å². The van der Waals surface area contributed by atoms with Gasteiger partial charge in [0.15, 0.2) is 6.10 Å². The third-order valence-corrected chi connectivity index (χ3v) is 7.83. The van der Waals surface area contributed by atoms with Gasteiger partial charge in [0.1, 0.15) is 17.5 Å². The number of amides is 3. The van der Waals surface area contributed by atoms with Gasteiger partial charge >= 0.3 is 0 Å². The monoisotopic (exact) mass is 530 g/mol. The van der Waals surface area contributed by atoms with E-state index in [2.05, 4.69) is 15.6 Å². The van der Waals surface area contributed by atoms with Crippen LogP contribution in [0, 0.1) is 5.92 Å². The lowest BCUT2D eigenvalue weighted by Crippen LogP contribution is -2.55. The van der Waals surface area contributed by atoms with Crippen molar-refractivity contribution >= 4 is 34.4 Å². The van der Waals surface area contributed by atoms with Crippen molar-refractivity contribution < 1.29 is 24.3 Å². The van der Waals surface area contributed by atoms with Crippen LogP contribution in [0.5, 0.6) is 0 Å². The molecule has 9 nitrogen and oxygen atoms in total. The van der Waals surface area contributed by atoms with E-state index in [1.165, 1.54) is 0 Å². The van der Waals surface area contributed by atoms with E-state index in [1.807, 2.05) is 54.6 Å². The van der Waals surface area contributed by atoms with Crippen molar-refractivity contribution in [3.8, 4) is 0 Å². The molecule has 2 aliphatic rings. The Kier molecular flexibility index (Phi) is 8.07. The van der Waals surface area contributed by atoms with Crippen LogP contribution in [0.15, 0.2) is 60.7 Å². The molecule has 1 aliphatic heterocycles. The highest BCUT2D eigenvalue weighted by molar-refractivity contribution is 6.00. The summed E-state index contributed by atoms with van der Waals surface area (Å²) < 4.78 is 0. The molecule has 3 amide bonds. The molecule has 204 valence electrons. The molecule has 2 heterocycles. The summed E-state index contributed by atoms with van der Waals surface area (Å²) in [4.78, 5) is 56.8. The molecule has 2 aromatic carbocycles. The quantitative estimate of drug-likeness (QED) is 0.338. The second kappa shape index (κ2) is 11.8. The number of aromatic nitrogens is 1. The number of carbonyl (C=O) groups excluding carboxylic acids is 4. The fourth-order valence-corrected chi connectivity index (χ4v) is 5.69. The lowest BCUT2D eigenvalue weighted by Gasteiger charge is -2.29. The molecule has 2 fully saturated rings. The Balaban J connectivity index is 1.28. The van der Waals surface area contributed by atoms with E-state index in [0.717, 1.165) is 22.9 Å². The van der Waals surface area contributed by atoms with Gasteiger partial charge in [0, 0.05) is 36.3 Å². The van der Waals surface area contributed by atoms with E-state index in [4.69, 9.17) is 0 Å². The lowest BCUT2D eigenvalue weighted by atomic mass is 9.93. The number of aromatic amines is 1. The van der Waals surface area contributed by atoms with Crippen molar-refractivity contribution in [1.29, 1.82) is 0 Å². The number of aliphatic hydroxyl groups excluding tert-OH is 1. The summed E-state index contributed by atoms with van der Waals surface area (Å²) in [6, 6.07) is 17.0. The van der Waals surface area contributed by atoms with Crippen molar-refractivity contribution in [3.05, 3.63) is 71.9 Å². The van der Waals surface area contributed by atoms with Gasteiger partial charge in [-0.1, -0.05) is 48.5 Å². The summed E-state index contributed by atoms with van der Waals surface area (Å²) in [7, 11) is 0. The number of likely N-dealkylation sites (tertiary alicyclic amines) is 1. The Hall–Kier alpha value is -3.98. The molecule has 4 atom stereocenters. The number of aliphatic hydroxyl groups is 1. The number of rotatable bonds is 9. The number of nitrogens with zero attached hydrogens (tertiary/aromatic N) is 1. The molecular formula is C30H34N4O5. The van der Waals surface area contributed by atoms with Crippen molar-refractivity contribution in [3.63, 3.8) is 0 Å². The maximum Gasteiger partial charge on any atom is 0.270 e. The normalized spacial score (nSPS) is 20.6. The number of H-pyrrole nitrogens is 1. The first kappa shape index (κ1) is 26.6. The predicted octanol–water partition coefficient (Wildman–Crippen LogP) is 2.69. The molecule has 0 bridgehead atoms. The van der Waals surface area contributed by atoms with Gasteiger partial charge in [0.25, 0.3) is 11.8 Å². The van der Waals surface area contributed by atoms with Crippen LogP contribution in [-0.4, -0.2) is 63.2 Å². The van der Waals surface area contributed by atoms with Crippen molar-refractivity contribution in [2.24, 2.45) is 5.92 Å². The Morgan fingerprint density at radius 1 is 1.03 bits per heavy atom. The fraction of sp³-hybridized carbons (Fsp3) is 0.400. The first-order chi connectivity index (χ1) is 18.9. The number of para-hydroxylation sites is 1. The number of hydrogen-bond acceptors (Lipinski definition) is 5. The van der Waals surface area contributed by atoms with Crippen LogP contribution in [0.2, 0.25) is 0 Å². The number of benzene rings is 2. The highest BCUT2D eigenvalue weighted by Crippen LogP contribution is 2.27.